The molecule has 3 rings (SSSR count). The van der Waals surface area contributed by atoms with Gasteiger partial charge in [-0.1, -0.05) is 51.4 Å². The van der Waals surface area contributed by atoms with Crippen molar-refractivity contribution in [1.29, 1.82) is 0 Å². The maximum absolute atomic E-state index is 12.1. The molecule has 128 valence electrons. The minimum absolute atomic E-state index is 0.146. The van der Waals surface area contributed by atoms with Crippen molar-refractivity contribution in [2.45, 2.75) is 19.6 Å². The van der Waals surface area contributed by atoms with Crippen molar-refractivity contribution in [3.63, 3.8) is 0 Å². The van der Waals surface area contributed by atoms with E-state index in [0.717, 1.165) is 10.0 Å². The second-order valence-electron chi connectivity index (χ2n) is 5.31. The summed E-state index contributed by atoms with van der Waals surface area (Å²) in [5, 5.41) is 6.64. The van der Waals surface area contributed by atoms with Crippen LogP contribution < -0.4 is 10.1 Å². The van der Waals surface area contributed by atoms with Crippen molar-refractivity contribution >= 4 is 21.8 Å². The molecule has 1 aromatic heterocycles. The normalized spacial score (nSPS) is 11.8. The van der Waals surface area contributed by atoms with Crippen LogP contribution in [-0.2, 0) is 11.3 Å². The molecule has 0 radical (unpaired) electrons. The molecule has 0 fully saturated rings. The minimum atomic E-state index is -0.641. The van der Waals surface area contributed by atoms with Gasteiger partial charge in [0, 0.05) is 10.0 Å². The zero-order valence-electron chi connectivity index (χ0n) is 13.5. The molecule has 1 heterocycles. The summed E-state index contributed by atoms with van der Waals surface area (Å²) in [4.78, 5) is 16.4. The fourth-order valence-corrected chi connectivity index (χ4v) is 2.37. The fraction of sp³-hybridized carbons (Fsp3) is 0.167. The van der Waals surface area contributed by atoms with Gasteiger partial charge in [-0.25, -0.2) is 0 Å². The number of carbonyl (C=O) groups is 1. The molecule has 2 aromatic carbocycles. The van der Waals surface area contributed by atoms with E-state index in [0.29, 0.717) is 17.5 Å². The number of amides is 1. The molecule has 1 amide bonds. The third-order valence-corrected chi connectivity index (χ3v) is 3.94. The highest BCUT2D eigenvalue weighted by molar-refractivity contribution is 9.10. The summed E-state index contributed by atoms with van der Waals surface area (Å²) < 4.78 is 11.7. The first kappa shape index (κ1) is 17.2. The topological polar surface area (TPSA) is 77.2 Å². The summed E-state index contributed by atoms with van der Waals surface area (Å²) >= 11 is 3.35. The lowest BCUT2D eigenvalue weighted by molar-refractivity contribution is -0.127. The number of nitrogens with one attached hydrogen (secondary N) is 1. The maximum Gasteiger partial charge on any atom is 0.261 e. The smallest absolute Gasteiger partial charge is 0.261 e. The van der Waals surface area contributed by atoms with Crippen LogP contribution in [0.4, 0.5) is 0 Å². The first-order chi connectivity index (χ1) is 12.1. The summed E-state index contributed by atoms with van der Waals surface area (Å²) in [5.41, 5.74) is 0.857. The molecule has 6 nitrogen and oxygen atoms in total. The average molecular weight is 402 g/mol. The van der Waals surface area contributed by atoms with Crippen molar-refractivity contribution in [3.8, 4) is 17.1 Å². The van der Waals surface area contributed by atoms with Crippen molar-refractivity contribution in [3.05, 3.63) is 65.0 Å². The predicted molar refractivity (Wildman–Crippen MR) is 95.8 cm³/mol. The molecule has 0 aliphatic carbocycles. The Bertz CT molecular complexity index is 834. The number of rotatable bonds is 6. The van der Waals surface area contributed by atoms with E-state index in [1.807, 2.05) is 42.5 Å². The Morgan fingerprint density at radius 1 is 1.20 bits per heavy atom. The van der Waals surface area contributed by atoms with E-state index in [-0.39, 0.29) is 12.5 Å². The molecular formula is C18H16BrN3O3. The summed E-state index contributed by atoms with van der Waals surface area (Å²) in [6.07, 6.45) is -0.641. The van der Waals surface area contributed by atoms with Gasteiger partial charge in [0.1, 0.15) is 5.75 Å². The zero-order chi connectivity index (χ0) is 17.6. The van der Waals surface area contributed by atoms with E-state index in [4.69, 9.17) is 9.26 Å². The van der Waals surface area contributed by atoms with Gasteiger partial charge in [0.25, 0.3) is 5.91 Å². The van der Waals surface area contributed by atoms with E-state index >= 15 is 0 Å². The summed E-state index contributed by atoms with van der Waals surface area (Å²) in [7, 11) is 0. The fourth-order valence-electron chi connectivity index (χ4n) is 2.11. The Morgan fingerprint density at radius 3 is 2.64 bits per heavy atom. The van der Waals surface area contributed by atoms with E-state index in [1.54, 1.807) is 19.1 Å². The third kappa shape index (κ3) is 4.67. The van der Waals surface area contributed by atoms with Crippen LogP contribution in [0.25, 0.3) is 11.4 Å². The van der Waals surface area contributed by atoms with Gasteiger partial charge in [0.05, 0.1) is 6.54 Å². The molecule has 0 aliphatic rings. The van der Waals surface area contributed by atoms with Gasteiger partial charge in [-0.3, -0.25) is 4.79 Å². The Balaban J connectivity index is 1.53. The lowest BCUT2D eigenvalue weighted by Crippen LogP contribution is -2.35. The molecule has 0 aliphatic heterocycles. The van der Waals surface area contributed by atoms with Gasteiger partial charge in [0.2, 0.25) is 11.7 Å². The minimum Gasteiger partial charge on any atom is -0.481 e. The van der Waals surface area contributed by atoms with Crippen LogP contribution in [0.2, 0.25) is 0 Å². The van der Waals surface area contributed by atoms with Crippen LogP contribution in [-0.4, -0.2) is 22.2 Å². The number of carbonyl (C=O) groups excluding carboxylic acids is 1. The number of hydrogen-bond donors (Lipinski definition) is 1. The largest absolute Gasteiger partial charge is 0.481 e. The Kier molecular flexibility index (Phi) is 5.45. The van der Waals surface area contributed by atoms with E-state index < -0.39 is 6.10 Å². The van der Waals surface area contributed by atoms with Gasteiger partial charge < -0.3 is 14.6 Å². The molecule has 7 heteroatoms. The number of aromatic nitrogens is 2. The Morgan fingerprint density at radius 2 is 1.92 bits per heavy atom. The number of ether oxygens (including phenoxy) is 1. The van der Waals surface area contributed by atoms with E-state index in [9.17, 15) is 4.79 Å². The summed E-state index contributed by atoms with van der Waals surface area (Å²) in [5.74, 6) is 1.18. The van der Waals surface area contributed by atoms with Crippen molar-refractivity contribution in [2.75, 3.05) is 0 Å². The van der Waals surface area contributed by atoms with Crippen molar-refractivity contribution in [2.24, 2.45) is 0 Å². The molecule has 1 atom stereocenters. The lowest BCUT2D eigenvalue weighted by atomic mass is 10.2. The summed E-state index contributed by atoms with van der Waals surface area (Å²) in [6.45, 7) is 1.83. The molecule has 0 saturated carbocycles. The van der Waals surface area contributed by atoms with E-state index in [1.165, 1.54) is 0 Å². The monoisotopic (exact) mass is 401 g/mol. The number of hydrogen-bond acceptors (Lipinski definition) is 5. The molecule has 1 N–H and O–H groups in total. The molecule has 0 unspecified atom stereocenters. The first-order valence-electron chi connectivity index (χ1n) is 7.70. The highest BCUT2D eigenvalue weighted by Crippen LogP contribution is 2.17. The number of halogens is 1. The molecule has 0 bridgehead atoms. The van der Waals surface area contributed by atoms with Gasteiger partial charge in [-0.15, -0.1) is 0 Å². The van der Waals surface area contributed by atoms with Crippen molar-refractivity contribution in [1.82, 2.24) is 15.5 Å². The zero-order valence-corrected chi connectivity index (χ0v) is 15.1. The van der Waals surface area contributed by atoms with Gasteiger partial charge in [0.15, 0.2) is 6.10 Å². The van der Waals surface area contributed by atoms with E-state index in [2.05, 4.69) is 31.4 Å². The average Bonchev–Trinajstić information content (AvgIpc) is 3.11. The quantitative estimate of drug-likeness (QED) is 0.682. The van der Waals surface area contributed by atoms with Crippen LogP contribution in [0.5, 0.6) is 5.75 Å². The van der Waals surface area contributed by atoms with Crippen LogP contribution in [0.15, 0.2) is 63.6 Å². The predicted octanol–water partition coefficient (Wildman–Crippen LogP) is 3.58. The highest BCUT2D eigenvalue weighted by Gasteiger charge is 2.16. The molecule has 0 saturated heterocycles. The van der Waals surface area contributed by atoms with Gasteiger partial charge in [-0.2, -0.15) is 4.98 Å². The van der Waals surface area contributed by atoms with Gasteiger partial charge in [-0.05, 0) is 31.2 Å². The molecular weight excluding hydrogens is 386 g/mol. The van der Waals surface area contributed by atoms with Gasteiger partial charge >= 0.3 is 0 Å². The van der Waals surface area contributed by atoms with Crippen LogP contribution in [0.3, 0.4) is 0 Å². The standard InChI is InChI=1S/C18H16BrN3O3/c1-12(24-15-9-7-14(19)8-10-15)18(23)20-11-16-21-17(22-25-16)13-5-3-2-4-6-13/h2-10,12H,11H2,1H3,(H,20,23)/t12-/m0/s1. The second kappa shape index (κ2) is 7.94. The Hall–Kier alpha value is -2.67. The van der Waals surface area contributed by atoms with Crippen LogP contribution >= 0.6 is 15.9 Å². The Labute approximate surface area is 153 Å². The molecule has 25 heavy (non-hydrogen) atoms. The number of benzene rings is 2. The van der Waals surface area contributed by atoms with Crippen molar-refractivity contribution < 1.29 is 14.1 Å². The number of nitrogens with zero attached hydrogens (tertiary/aromatic N) is 2. The van der Waals surface area contributed by atoms with Crippen LogP contribution in [0.1, 0.15) is 12.8 Å². The summed E-state index contributed by atoms with van der Waals surface area (Å²) in [6, 6.07) is 16.8. The van der Waals surface area contributed by atoms with Crippen LogP contribution in [0, 0.1) is 0 Å². The first-order valence-corrected chi connectivity index (χ1v) is 8.49. The third-order valence-electron chi connectivity index (χ3n) is 3.41. The molecule has 0 spiro atoms. The lowest BCUT2D eigenvalue weighted by Gasteiger charge is -2.13. The maximum atomic E-state index is 12.1. The molecule has 3 aromatic rings. The second-order valence-corrected chi connectivity index (χ2v) is 6.23. The SMILES string of the molecule is C[C@H](Oc1ccc(Br)cc1)C(=O)NCc1nc(-c2ccccc2)no1. The highest BCUT2D eigenvalue weighted by atomic mass is 79.9.